The maximum atomic E-state index is 6.40. The Labute approximate surface area is 122 Å². The van der Waals surface area contributed by atoms with Gasteiger partial charge < -0.3 is 5.73 Å². The molecule has 1 nitrogen and oxygen atoms in total. The van der Waals surface area contributed by atoms with Crippen LogP contribution in [0, 0.1) is 5.92 Å². The van der Waals surface area contributed by atoms with Crippen molar-refractivity contribution in [3.63, 3.8) is 0 Å². The predicted molar refractivity (Wildman–Crippen MR) is 86.8 cm³/mol. The third kappa shape index (κ3) is 3.49. The molecule has 106 valence electrons. The molecule has 0 aliphatic heterocycles. The summed E-state index contributed by atoms with van der Waals surface area (Å²) in [5, 5.41) is 0. The molecule has 0 heterocycles. The van der Waals surface area contributed by atoms with Crippen molar-refractivity contribution in [1.82, 2.24) is 0 Å². The first-order valence-electron chi connectivity index (χ1n) is 7.59. The minimum Gasteiger partial charge on any atom is -0.327 e. The van der Waals surface area contributed by atoms with Crippen molar-refractivity contribution in [3.05, 3.63) is 71.8 Å². The number of benzene rings is 2. The Morgan fingerprint density at radius 2 is 1.30 bits per heavy atom. The highest BCUT2D eigenvalue weighted by atomic mass is 14.6. The van der Waals surface area contributed by atoms with E-state index in [1.165, 1.54) is 11.1 Å². The highest BCUT2D eigenvalue weighted by molar-refractivity contribution is 5.33. The van der Waals surface area contributed by atoms with Crippen molar-refractivity contribution in [2.75, 3.05) is 0 Å². The van der Waals surface area contributed by atoms with Crippen LogP contribution in [0.3, 0.4) is 0 Å². The molecular formula is C19H25N. The molecule has 2 atom stereocenters. The second-order valence-corrected chi connectivity index (χ2v) is 5.61. The minimum absolute atomic E-state index is 0.241. The van der Waals surface area contributed by atoms with Gasteiger partial charge in [0.05, 0.1) is 0 Å². The van der Waals surface area contributed by atoms with E-state index in [9.17, 15) is 0 Å². The molecule has 2 unspecified atom stereocenters. The normalized spacial score (nSPS) is 14.2. The maximum Gasteiger partial charge on any atom is 0.0130 e. The van der Waals surface area contributed by atoms with E-state index in [0.717, 1.165) is 12.8 Å². The molecule has 0 aromatic heterocycles. The standard InChI is InChI=1S/C19H25N/c1-3-10-18(20)15(2)19(16-11-6-4-7-12-16)17-13-8-5-9-14-17/h4-9,11-15,18-19H,3,10,20H2,1-2H3. The van der Waals surface area contributed by atoms with Gasteiger partial charge in [-0.25, -0.2) is 0 Å². The third-order valence-corrected chi connectivity index (χ3v) is 4.14. The maximum absolute atomic E-state index is 6.40. The molecule has 0 saturated carbocycles. The van der Waals surface area contributed by atoms with Gasteiger partial charge in [-0.15, -0.1) is 0 Å². The molecular weight excluding hydrogens is 242 g/mol. The van der Waals surface area contributed by atoms with Crippen LogP contribution in [0.5, 0.6) is 0 Å². The lowest BCUT2D eigenvalue weighted by Crippen LogP contribution is -2.32. The van der Waals surface area contributed by atoms with Gasteiger partial charge in [0.25, 0.3) is 0 Å². The average molecular weight is 267 g/mol. The van der Waals surface area contributed by atoms with Crippen molar-refractivity contribution >= 4 is 0 Å². The van der Waals surface area contributed by atoms with Gasteiger partial charge in [0, 0.05) is 12.0 Å². The van der Waals surface area contributed by atoms with Crippen LogP contribution in [-0.4, -0.2) is 6.04 Å². The number of hydrogen-bond acceptors (Lipinski definition) is 1. The molecule has 0 aliphatic carbocycles. The summed E-state index contributed by atoms with van der Waals surface area (Å²) in [5.74, 6) is 0.804. The molecule has 0 bridgehead atoms. The summed E-state index contributed by atoms with van der Waals surface area (Å²) in [6.07, 6.45) is 2.22. The molecule has 0 saturated heterocycles. The molecule has 0 aliphatic rings. The highest BCUT2D eigenvalue weighted by Gasteiger charge is 2.25. The largest absolute Gasteiger partial charge is 0.327 e. The molecule has 2 aromatic rings. The van der Waals surface area contributed by atoms with Gasteiger partial charge >= 0.3 is 0 Å². The average Bonchev–Trinajstić information content (AvgIpc) is 2.50. The monoisotopic (exact) mass is 267 g/mol. The molecule has 2 N–H and O–H groups in total. The third-order valence-electron chi connectivity index (χ3n) is 4.14. The Hall–Kier alpha value is -1.60. The zero-order chi connectivity index (χ0) is 14.4. The molecule has 0 spiro atoms. The van der Waals surface area contributed by atoms with Crippen molar-refractivity contribution in [2.24, 2.45) is 11.7 Å². The van der Waals surface area contributed by atoms with E-state index in [0.29, 0.717) is 11.8 Å². The number of rotatable bonds is 6. The Balaban J connectivity index is 2.35. The first-order chi connectivity index (χ1) is 9.74. The van der Waals surface area contributed by atoms with Crippen LogP contribution in [0.2, 0.25) is 0 Å². The fraction of sp³-hybridized carbons (Fsp3) is 0.368. The lowest BCUT2D eigenvalue weighted by molar-refractivity contribution is 0.390. The molecule has 1 heteroatoms. The summed E-state index contributed by atoms with van der Waals surface area (Å²) < 4.78 is 0. The quantitative estimate of drug-likeness (QED) is 0.814. The Bertz CT molecular complexity index is 452. The van der Waals surface area contributed by atoms with Crippen LogP contribution >= 0.6 is 0 Å². The zero-order valence-corrected chi connectivity index (χ0v) is 12.5. The molecule has 0 radical (unpaired) electrons. The van der Waals surface area contributed by atoms with Crippen LogP contribution in [0.1, 0.15) is 43.7 Å². The van der Waals surface area contributed by atoms with Gasteiger partial charge in [0.2, 0.25) is 0 Å². The van der Waals surface area contributed by atoms with Crippen LogP contribution in [0.4, 0.5) is 0 Å². The van der Waals surface area contributed by atoms with E-state index in [2.05, 4.69) is 74.5 Å². The van der Waals surface area contributed by atoms with Crippen LogP contribution in [0.15, 0.2) is 60.7 Å². The van der Waals surface area contributed by atoms with E-state index in [4.69, 9.17) is 5.73 Å². The van der Waals surface area contributed by atoms with Crippen molar-refractivity contribution in [3.8, 4) is 0 Å². The van der Waals surface area contributed by atoms with E-state index in [1.807, 2.05) is 0 Å². The second-order valence-electron chi connectivity index (χ2n) is 5.61. The van der Waals surface area contributed by atoms with Gasteiger partial charge in [-0.05, 0) is 23.5 Å². The molecule has 0 fully saturated rings. The second kappa shape index (κ2) is 7.25. The molecule has 2 aromatic carbocycles. The predicted octanol–water partition coefficient (Wildman–Crippen LogP) is 4.58. The van der Waals surface area contributed by atoms with Crippen molar-refractivity contribution in [1.29, 1.82) is 0 Å². The smallest absolute Gasteiger partial charge is 0.0130 e. The Morgan fingerprint density at radius 3 is 1.70 bits per heavy atom. The summed E-state index contributed by atoms with van der Waals surface area (Å²) in [6, 6.07) is 21.7. The van der Waals surface area contributed by atoms with Crippen LogP contribution in [-0.2, 0) is 0 Å². The number of nitrogens with two attached hydrogens (primary N) is 1. The fourth-order valence-electron chi connectivity index (χ4n) is 2.96. The van der Waals surface area contributed by atoms with E-state index in [-0.39, 0.29) is 6.04 Å². The summed E-state index contributed by atoms with van der Waals surface area (Å²) in [4.78, 5) is 0. The van der Waals surface area contributed by atoms with Crippen molar-refractivity contribution < 1.29 is 0 Å². The summed E-state index contributed by atoms with van der Waals surface area (Å²) >= 11 is 0. The van der Waals surface area contributed by atoms with Gasteiger partial charge in [-0.1, -0.05) is 80.9 Å². The lowest BCUT2D eigenvalue weighted by Gasteiger charge is -2.29. The van der Waals surface area contributed by atoms with E-state index >= 15 is 0 Å². The zero-order valence-electron chi connectivity index (χ0n) is 12.5. The SMILES string of the molecule is CCCC(N)C(C)C(c1ccccc1)c1ccccc1. The summed E-state index contributed by atoms with van der Waals surface area (Å²) in [7, 11) is 0. The topological polar surface area (TPSA) is 26.0 Å². The Morgan fingerprint density at radius 1 is 0.850 bits per heavy atom. The van der Waals surface area contributed by atoms with Gasteiger partial charge in [0.1, 0.15) is 0 Å². The highest BCUT2D eigenvalue weighted by Crippen LogP contribution is 2.34. The van der Waals surface area contributed by atoms with Crippen LogP contribution < -0.4 is 5.73 Å². The van der Waals surface area contributed by atoms with Gasteiger partial charge in [0.15, 0.2) is 0 Å². The first kappa shape index (κ1) is 14.8. The van der Waals surface area contributed by atoms with Gasteiger partial charge in [-0.2, -0.15) is 0 Å². The molecule has 20 heavy (non-hydrogen) atoms. The molecule has 2 rings (SSSR count). The fourth-order valence-corrected chi connectivity index (χ4v) is 2.96. The molecule has 0 amide bonds. The summed E-state index contributed by atoms with van der Waals surface area (Å²) in [6.45, 7) is 4.48. The Kier molecular flexibility index (Phi) is 5.37. The lowest BCUT2D eigenvalue weighted by atomic mass is 9.77. The van der Waals surface area contributed by atoms with E-state index < -0.39 is 0 Å². The van der Waals surface area contributed by atoms with Gasteiger partial charge in [-0.3, -0.25) is 0 Å². The van der Waals surface area contributed by atoms with Crippen molar-refractivity contribution in [2.45, 2.75) is 38.6 Å². The minimum atomic E-state index is 0.241. The number of hydrogen-bond donors (Lipinski definition) is 1. The van der Waals surface area contributed by atoms with Crippen LogP contribution in [0.25, 0.3) is 0 Å². The van der Waals surface area contributed by atoms with E-state index in [1.54, 1.807) is 0 Å². The first-order valence-corrected chi connectivity index (χ1v) is 7.59. The summed E-state index contributed by atoms with van der Waals surface area (Å²) in [5.41, 5.74) is 9.12.